The number of halogens is 1. The van der Waals surface area contributed by atoms with Crippen LogP contribution in [0.2, 0.25) is 5.02 Å². The summed E-state index contributed by atoms with van der Waals surface area (Å²) < 4.78 is 5.44. The van der Waals surface area contributed by atoms with Gasteiger partial charge in [0.1, 0.15) is 11.8 Å². The minimum absolute atomic E-state index is 0.0588. The quantitative estimate of drug-likeness (QED) is 0.819. The molecule has 27 heavy (non-hydrogen) atoms. The molecule has 7 heteroatoms. The number of para-hydroxylation sites is 2. The van der Waals surface area contributed by atoms with Crippen LogP contribution >= 0.6 is 11.6 Å². The lowest BCUT2D eigenvalue weighted by atomic mass is 10.2. The molecule has 1 aliphatic rings. The molecule has 0 aliphatic carbocycles. The van der Waals surface area contributed by atoms with Gasteiger partial charge in [-0.15, -0.1) is 0 Å². The van der Waals surface area contributed by atoms with Crippen molar-refractivity contribution in [3.05, 3.63) is 53.1 Å². The Kier molecular flexibility index (Phi) is 6.17. The van der Waals surface area contributed by atoms with Crippen LogP contribution in [0.3, 0.4) is 0 Å². The first-order valence-corrected chi connectivity index (χ1v) is 9.19. The van der Waals surface area contributed by atoms with E-state index in [0.29, 0.717) is 22.8 Å². The van der Waals surface area contributed by atoms with Crippen molar-refractivity contribution in [1.29, 1.82) is 5.26 Å². The molecule has 0 unspecified atom stereocenters. The normalized spacial score (nSPS) is 14.5. The lowest BCUT2D eigenvalue weighted by Gasteiger charge is -2.34. The summed E-state index contributed by atoms with van der Waals surface area (Å²) in [5.41, 5.74) is 2.10. The van der Waals surface area contributed by atoms with Crippen molar-refractivity contribution in [2.45, 2.75) is 0 Å². The number of nitrogens with one attached hydrogen (secondary N) is 2. The molecule has 0 aromatic heterocycles. The maximum atomic E-state index is 12.3. The highest BCUT2D eigenvalue weighted by Gasteiger charge is 2.24. The maximum Gasteiger partial charge on any atom is 0.279 e. The number of hydrogen-bond acceptors (Lipinski definition) is 4. The third kappa shape index (κ3) is 4.70. The van der Waals surface area contributed by atoms with E-state index in [1.807, 2.05) is 24.3 Å². The van der Waals surface area contributed by atoms with Gasteiger partial charge in [-0.1, -0.05) is 23.7 Å². The molecule has 2 aromatic carbocycles. The predicted octanol–water partition coefficient (Wildman–Crippen LogP) is 1.56. The smallest absolute Gasteiger partial charge is 0.279 e. The summed E-state index contributed by atoms with van der Waals surface area (Å²) >= 11 is 6.01. The Labute approximate surface area is 163 Å². The van der Waals surface area contributed by atoms with Crippen molar-refractivity contribution in [3.63, 3.8) is 0 Å². The molecule has 1 fully saturated rings. The second kappa shape index (κ2) is 8.76. The first-order chi connectivity index (χ1) is 13.1. The standard InChI is InChI=1S/C20H21ClN4O2/c1-27-19-5-3-2-4-18(19)25-10-8-24(9-11-25)14-20(26)23-16-7-6-15(13-22)17(21)12-16/h2-7,12H,8-11,14H2,1H3,(H,23,26)/p+1. The van der Waals surface area contributed by atoms with E-state index in [2.05, 4.69) is 16.3 Å². The molecule has 2 N–H and O–H groups in total. The van der Waals surface area contributed by atoms with Gasteiger partial charge in [0.05, 0.1) is 49.6 Å². The molecule has 2 aromatic rings. The highest BCUT2D eigenvalue weighted by molar-refractivity contribution is 6.32. The molecule has 6 nitrogen and oxygen atoms in total. The highest BCUT2D eigenvalue weighted by Crippen LogP contribution is 2.27. The summed E-state index contributed by atoms with van der Waals surface area (Å²) in [6, 6.07) is 14.9. The Hall–Kier alpha value is -2.75. The van der Waals surface area contributed by atoms with Gasteiger partial charge in [0.2, 0.25) is 0 Å². The average molecular weight is 386 g/mol. The molecule has 0 bridgehead atoms. The summed E-state index contributed by atoms with van der Waals surface area (Å²) in [6.45, 7) is 3.88. The molecule has 1 saturated heterocycles. The van der Waals surface area contributed by atoms with Gasteiger partial charge in [-0.2, -0.15) is 5.26 Å². The van der Waals surface area contributed by atoms with Crippen LogP contribution < -0.4 is 19.9 Å². The molecule has 0 spiro atoms. The number of nitrogens with zero attached hydrogens (tertiary/aromatic N) is 2. The van der Waals surface area contributed by atoms with Gasteiger partial charge in [-0.3, -0.25) is 4.79 Å². The van der Waals surface area contributed by atoms with Crippen molar-refractivity contribution in [2.75, 3.05) is 50.1 Å². The van der Waals surface area contributed by atoms with Gasteiger partial charge in [-0.25, -0.2) is 0 Å². The zero-order chi connectivity index (χ0) is 19.2. The Bertz CT molecular complexity index is 857. The van der Waals surface area contributed by atoms with Crippen LogP contribution in [-0.4, -0.2) is 45.7 Å². The van der Waals surface area contributed by atoms with E-state index in [1.54, 1.807) is 25.3 Å². The fourth-order valence-electron chi connectivity index (χ4n) is 3.25. The number of anilines is 2. The Balaban J connectivity index is 1.52. The predicted molar refractivity (Wildman–Crippen MR) is 106 cm³/mol. The number of carbonyl (C=O) groups is 1. The van der Waals surface area contributed by atoms with E-state index in [9.17, 15) is 4.79 Å². The molecule has 1 amide bonds. The first kappa shape index (κ1) is 19.0. The Morgan fingerprint density at radius 1 is 1.30 bits per heavy atom. The van der Waals surface area contributed by atoms with E-state index in [0.717, 1.165) is 37.6 Å². The first-order valence-electron chi connectivity index (χ1n) is 8.81. The fraction of sp³-hybridized carbons (Fsp3) is 0.300. The summed E-state index contributed by atoms with van der Waals surface area (Å²) in [7, 11) is 1.68. The summed E-state index contributed by atoms with van der Waals surface area (Å²) in [5.74, 6) is 0.813. The number of piperazine rings is 1. The van der Waals surface area contributed by atoms with Crippen LogP contribution in [0.5, 0.6) is 5.75 Å². The molecule has 140 valence electrons. The molecule has 1 heterocycles. The molecular formula is C20H22ClN4O2+. The van der Waals surface area contributed by atoms with E-state index < -0.39 is 0 Å². The van der Waals surface area contributed by atoms with Gasteiger partial charge in [-0.05, 0) is 30.3 Å². The van der Waals surface area contributed by atoms with Crippen LogP contribution in [0.1, 0.15) is 5.56 Å². The van der Waals surface area contributed by atoms with Crippen LogP contribution in [0.4, 0.5) is 11.4 Å². The van der Waals surface area contributed by atoms with Crippen molar-refractivity contribution in [3.8, 4) is 11.8 Å². The van der Waals surface area contributed by atoms with E-state index >= 15 is 0 Å². The van der Waals surface area contributed by atoms with Crippen molar-refractivity contribution in [1.82, 2.24) is 0 Å². The lowest BCUT2D eigenvalue weighted by Crippen LogP contribution is -3.15. The second-order valence-corrected chi connectivity index (χ2v) is 6.85. The SMILES string of the molecule is COc1ccccc1N1CC[NH+](CC(=O)Nc2ccc(C#N)c(Cl)c2)CC1. The largest absolute Gasteiger partial charge is 0.495 e. The average Bonchev–Trinajstić information content (AvgIpc) is 2.68. The monoisotopic (exact) mass is 385 g/mol. The highest BCUT2D eigenvalue weighted by atomic mass is 35.5. The minimum Gasteiger partial charge on any atom is -0.495 e. The summed E-state index contributed by atoms with van der Waals surface area (Å²) in [5, 5.41) is 12.1. The van der Waals surface area contributed by atoms with Crippen LogP contribution in [-0.2, 0) is 4.79 Å². The number of nitriles is 1. The van der Waals surface area contributed by atoms with Crippen LogP contribution in [0, 0.1) is 11.3 Å². The van der Waals surface area contributed by atoms with E-state index in [-0.39, 0.29) is 5.91 Å². The van der Waals surface area contributed by atoms with Crippen molar-refractivity contribution >= 4 is 28.9 Å². The summed E-state index contributed by atoms with van der Waals surface area (Å²) in [4.78, 5) is 15.9. The molecule has 3 rings (SSSR count). The summed E-state index contributed by atoms with van der Waals surface area (Å²) in [6.07, 6.45) is 0. The van der Waals surface area contributed by atoms with Gasteiger partial charge >= 0.3 is 0 Å². The van der Waals surface area contributed by atoms with Gasteiger partial charge < -0.3 is 19.9 Å². The molecule has 0 saturated carbocycles. The van der Waals surface area contributed by atoms with Crippen LogP contribution in [0.25, 0.3) is 0 Å². The molecule has 0 atom stereocenters. The van der Waals surface area contributed by atoms with E-state index in [1.165, 1.54) is 4.90 Å². The van der Waals surface area contributed by atoms with Crippen LogP contribution in [0.15, 0.2) is 42.5 Å². The van der Waals surface area contributed by atoms with Crippen molar-refractivity contribution in [2.24, 2.45) is 0 Å². The zero-order valence-electron chi connectivity index (χ0n) is 15.2. The number of hydrogen-bond donors (Lipinski definition) is 2. The number of rotatable bonds is 5. The number of amides is 1. The Morgan fingerprint density at radius 2 is 2.04 bits per heavy atom. The molecule has 0 radical (unpaired) electrons. The number of carbonyl (C=O) groups excluding carboxylic acids is 1. The third-order valence-corrected chi connectivity index (χ3v) is 4.99. The van der Waals surface area contributed by atoms with Gasteiger partial charge in [0, 0.05) is 5.69 Å². The van der Waals surface area contributed by atoms with E-state index in [4.69, 9.17) is 21.6 Å². The zero-order valence-corrected chi connectivity index (χ0v) is 15.9. The number of ether oxygens (including phenoxy) is 1. The van der Waals surface area contributed by atoms with Crippen molar-refractivity contribution < 1.29 is 14.4 Å². The third-order valence-electron chi connectivity index (χ3n) is 4.68. The van der Waals surface area contributed by atoms with Gasteiger partial charge in [0.25, 0.3) is 5.91 Å². The van der Waals surface area contributed by atoms with Gasteiger partial charge in [0.15, 0.2) is 6.54 Å². The lowest BCUT2D eigenvalue weighted by molar-refractivity contribution is -0.892. The molecular weight excluding hydrogens is 364 g/mol. The molecule has 1 aliphatic heterocycles. The topological polar surface area (TPSA) is 69.8 Å². The Morgan fingerprint density at radius 3 is 2.70 bits per heavy atom. The maximum absolute atomic E-state index is 12.3. The number of benzene rings is 2. The number of quaternary nitrogens is 1. The second-order valence-electron chi connectivity index (χ2n) is 6.44. The number of methoxy groups -OCH3 is 1. The minimum atomic E-state index is -0.0588. The fourth-order valence-corrected chi connectivity index (χ4v) is 3.47.